The van der Waals surface area contributed by atoms with Gasteiger partial charge < -0.3 is 10.1 Å². The third kappa shape index (κ3) is 5.81. The van der Waals surface area contributed by atoms with Crippen molar-refractivity contribution in [1.29, 1.82) is 0 Å². The van der Waals surface area contributed by atoms with E-state index in [1.54, 1.807) is 0 Å². The van der Waals surface area contributed by atoms with Crippen molar-refractivity contribution >= 4 is 28.0 Å². The molecule has 0 bridgehead atoms. The number of benzene rings is 5. The number of hydrogen-bond acceptors (Lipinski definition) is 4. The molecule has 53 heavy (non-hydrogen) atoms. The van der Waals surface area contributed by atoms with Crippen LogP contribution in [0.5, 0.6) is 5.75 Å². The van der Waals surface area contributed by atoms with Crippen molar-refractivity contribution in [3.05, 3.63) is 192 Å². The summed E-state index contributed by atoms with van der Waals surface area (Å²) in [6.45, 7) is 0. The van der Waals surface area contributed by atoms with E-state index in [1.807, 2.05) is 0 Å². The Labute approximate surface area is 310 Å². The summed E-state index contributed by atoms with van der Waals surface area (Å²) < 4.78 is 6.78. The Kier molecular flexibility index (Phi) is 7.94. The minimum absolute atomic E-state index is 0.0531. The van der Waals surface area contributed by atoms with Crippen molar-refractivity contribution in [2.24, 2.45) is 9.98 Å². The second kappa shape index (κ2) is 13.4. The van der Waals surface area contributed by atoms with Crippen LogP contribution in [-0.2, 0) is 0 Å². The number of nitrogens with zero attached hydrogens (tertiary/aromatic N) is 2. The van der Waals surface area contributed by atoms with E-state index in [9.17, 15) is 0 Å². The zero-order valence-electron chi connectivity index (χ0n) is 29.5. The summed E-state index contributed by atoms with van der Waals surface area (Å²) in [6.07, 6.45) is 23.8. The quantitative estimate of drug-likeness (QED) is 0.193. The molecule has 0 saturated heterocycles. The van der Waals surface area contributed by atoms with Gasteiger partial charge in [-0.2, -0.15) is 0 Å². The third-order valence-corrected chi connectivity index (χ3v) is 11.0. The molecule has 4 heteroatoms. The van der Waals surface area contributed by atoms with Crippen LogP contribution in [0.15, 0.2) is 185 Å². The average Bonchev–Trinajstić information content (AvgIpc) is 3.63. The van der Waals surface area contributed by atoms with E-state index in [1.165, 1.54) is 55.3 Å². The SMILES string of the molecule is C1=CCCC(C2=NC(c3ccc(-c4cccc(C5=CC=CC6Oc7c(cc(-c8ccccc8)c8ccccc78)C56)c4)cc3)=NC(C3=CCCC=C3)N2)=C1. The smallest absolute Gasteiger partial charge is 0.159 e. The molecule has 256 valence electrons. The van der Waals surface area contributed by atoms with Crippen molar-refractivity contribution in [3.63, 3.8) is 0 Å². The maximum absolute atomic E-state index is 6.78. The molecule has 3 atom stereocenters. The van der Waals surface area contributed by atoms with Crippen LogP contribution in [0.3, 0.4) is 0 Å². The molecule has 0 saturated carbocycles. The fraction of sp³-hybridized carbons (Fsp3) is 0.143. The fourth-order valence-electron chi connectivity index (χ4n) is 8.35. The van der Waals surface area contributed by atoms with Gasteiger partial charge in [0, 0.05) is 16.5 Å². The molecule has 2 heterocycles. The number of rotatable bonds is 6. The van der Waals surface area contributed by atoms with Crippen LogP contribution in [0, 0.1) is 0 Å². The Morgan fingerprint density at radius 3 is 2.30 bits per heavy atom. The molecular weight excluding hydrogens is 647 g/mol. The minimum atomic E-state index is -0.148. The Morgan fingerprint density at radius 1 is 0.660 bits per heavy atom. The zero-order valence-corrected chi connectivity index (χ0v) is 29.5. The van der Waals surface area contributed by atoms with Gasteiger partial charge in [-0.15, -0.1) is 0 Å². The molecule has 4 nitrogen and oxygen atoms in total. The first kappa shape index (κ1) is 31.5. The summed E-state index contributed by atoms with van der Waals surface area (Å²) in [7, 11) is 0. The first-order valence-corrected chi connectivity index (χ1v) is 18.8. The van der Waals surface area contributed by atoms with E-state index in [2.05, 4.69) is 169 Å². The Hall–Kier alpha value is -6.26. The van der Waals surface area contributed by atoms with Crippen molar-refractivity contribution in [2.75, 3.05) is 0 Å². The van der Waals surface area contributed by atoms with Crippen LogP contribution in [0.4, 0.5) is 0 Å². The van der Waals surface area contributed by atoms with Crippen molar-refractivity contribution in [2.45, 2.75) is 43.9 Å². The molecule has 0 fully saturated rings. The van der Waals surface area contributed by atoms with E-state index in [4.69, 9.17) is 14.7 Å². The first-order chi connectivity index (χ1) is 26.3. The third-order valence-electron chi connectivity index (χ3n) is 11.0. The number of fused-ring (bicyclic) bond motifs is 5. The summed E-state index contributed by atoms with van der Waals surface area (Å²) in [5.41, 5.74) is 12.0. The van der Waals surface area contributed by atoms with Crippen LogP contribution in [0.1, 0.15) is 48.3 Å². The highest BCUT2D eigenvalue weighted by atomic mass is 16.5. The molecule has 3 unspecified atom stereocenters. The lowest BCUT2D eigenvalue weighted by molar-refractivity contribution is 0.274. The maximum atomic E-state index is 6.78. The summed E-state index contributed by atoms with van der Waals surface area (Å²) >= 11 is 0. The fourth-order valence-corrected chi connectivity index (χ4v) is 8.35. The normalized spacial score (nSPS) is 21.4. The van der Waals surface area contributed by atoms with Crippen molar-refractivity contribution < 1.29 is 4.74 Å². The molecule has 5 aromatic rings. The summed E-state index contributed by atoms with van der Waals surface area (Å²) in [6, 6.07) is 39.4. The van der Waals surface area contributed by atoms with Crippen LogP contribution in [0.2, 0.25) is 0 Å². The van der Waals surface area contributed by atoms with Crippen LogP contribution in [0.25, 0.3) is 38.6 Å². The Balaban J connectivity index is 0.983. The van der Waals surface area contributed by atoms with E-state index in [0.29, 0.717) is 0 Å². The predicted octanol–water partition coefficient (Wildman–Crippen LogP) is 11.3. The van der Waals surface area contributed by atoms with Gasteiger partial charge in [0.25, 0.3) is 0 Å². The highest BCUT2D eigenvalue weighted by Gasteiger charge is 2.39. The topological polar surface area (TPSA) is 46.0 Å². The van der Waals surface area contributed by atoms with Crippen LogP contribution in [-0.4, -0.2) is 23.9 Å². The lowest BCUT2D eigenvalue weighted by Crippen LogP contribution is -2.40. The molecule has 5 aromatic carbocycles. The maximum Gasteiger partial charge on any atom is 0.159 e. The second-order valence-electron chi connectivity index (χ2n) is 14.3. The van der Waals surface area contributed by atoms with Gasteiger partial charge in [0.2, 0.25) is 0 Å². The van der Waals surface area contributed by atoms with E-state index < -0.39 is 0 Å². The van der Waals surface area contributed by atoms with Gasteiger partial charge in [0.15, 0.2) is 5.84 Å². The van der Waals surface area contributed by atoms with Crippen LogP contribution < -0.4 is 10.1 Å². The summed E-state index contributed by atoms with van der Waals surface area (Å²) in [5.74, 6) is 2.80. The van der Waals surface area contributed by atoms with Crippen molar-refractivity contribution in [3.8, 4) is 28.0 Å². The van der Waals surface area contributed by atoms with E-state index in [0.717, 1.165) is 54.2 Å². The number of allylic oxidation sites excluding steroid dienone is 7. The summed E-state index contributed by atoms with van der Waals surface area (Å²) in [4.78, 5) is 10.2. The predicted molar refractivity (Wildman–Crippen MR) is 219 cm³/mol. The average molecular weight is 686 g/mol. The molecular formula is C49H39N3O. The van der Waals surface area contributed by atoms with E-state index >= 15 is 0 Å². The molecule has 0 radical (unpaired) electrons. The zero-order chi connectivity index (χ0) is 35.1. The summed E-state index contributed by atoms with van der Waals surface area (Å²) in [5, 5.41) is 6.02. The first-order valence-electron chi connectivity index (χ1n) is 18.8. The van der Waals surface area contributed by atoms with Gasteiger partial charge in [-0.1, -0.05) is 146 Å². The number of amidine groups is 2. The lowest BCUT2D eigenvalue weighted by Gasteiger charge is -2.26. The largest absolute Gasteiger partial charge is 0.484 e. The minimum Gasteiger partial charge on any atom is -0.484 e. The molecule has 3 aliphatic carbocycles. The Morgan fingerprint density at radius 2 is 1.47 bits per heavy atom. The monoisotopic (exact) mass is 685 g/mol. The number of ether oxygens (including phenoxy) is 1. The number of aliphatic imine (C=N–C) groups is 2. The van der Waals surface area contributed by atoms with Gasteiger partial charge in [-0.3, -0.25) is 0 Å². The molecule has 0 spiro atoms. The molecule has 1 N–H and O–H groups in total. The van der Waals surface area contributed by atoms with Gasteiger partial charge in [0.05, 0.1) is 5.92 Å². The molecule has 5 aliphatic rings. The molecule has 2 aliphatic heterocycles. The van der Waals surface area contributed by atoms with E-state index in [-0.39, 0.29) is 18.2 Å². The molecule has 10 rings (SSSR count). The van der Waals surface area contributed by atoms with Gasteiger partial charge in [0.1, 0.15) is 23.9 Å². The van der Waals surface area contributed by atoms with Gasteiger partial charge >= 0.3 is 0 Å². The van der Waals surface area contributed by atoms with Gasteiger partial charge in [-0.25, -0.2) is 9.98 Å². The number of hydrogen-bond donors (Lipinski definition) is 1. The van der Waals surface area contributed by atoms with Gasteiger partial charge in [-0.05, 0) is 93.8 Å². The van der Waals surface area contributed by atoms with Crippen LogP contribution >= 0.6 is 0 Å². The lowest BCUT2D eigenvalue weighted by atomic mass is 9.79. The Bertz CT molecular complexity index is 2510. The standard InChI is InChI=1S/C49H39N3O/c1-4-14-33(15-5-1)42-31-43-45-39(24-13-25-44(45)53-46(43)41-23-11-10-22-40(41)42)38-21-12-20-37(30-38)32-26-28-36(29-27-32)49-51-47(34-16-6-2-7-17-34)50-48(52-49)35-18-8-3-9-19-35/h1-2,4-6,8,10-16,18-31,44-45,48H,3,7,9,17H2,(H,50,51,52). The highest BCUT2D eigenvalue weighted by molar-refractivity contribution is 6.13. The second-order valence-corrected chi connectivity index (χ2v) is 14.3. The van der Waals surface area contributed by atoms with Crippen molar-refractivity contribution in [1.82, 2.24) is 5.32 Å². The number of nitrogens with one attached hydrogen (secondary N) is 1. The molecule has 0 aromatic heterocycles. The molecule has 0 amide bonds. The highest BCUT2D eigenvalue weighted by Crippen LogP contribution is 2.52.